The summed E-state index contributed by atoms with van der Waals surface area (Å²) in [6.07, 6.45) is 9.58. The van der Waals surface area contributed by atoms with E-state index in [1.807, 2.05) is 0 Å². The van der Waals surface area contributed by atoms with E-state index in [4.69, 9.17) is 10.6 Å². The predicted molar refractivity (Wildman–Crippen MR) is 76.8 cm³/mol. The molecular weight excluding hydrogens is 270 g/mol. The number of nitrogens with zero attached hydrogens (tertiary/aromatic N) is 5. The van der Waals surface area contributed by atoms with Gasteiger partial charge in [0.25, 0.3) is 0 Å². The Morgan fingerprint density at radius 1 is 1.24 bits per heavy atom. The summed E-state index contributed by atoms with van der Waals surface area (Å²) in [6.45, 7) is 2.27. The molecule has 0 bridgehead atoms. The van der Waals surface area contributed by atoms with Crippen molar-refractivity contribution in [2.24, 2.45) is 11.8 Å². The van der Waals surface area contributed by atoms with Crippen molar-refractivity contribution in [3.05, 3.63) is 18.7 Å². The zero-order chi connectivity index (χ0) is 14.7. The molecule has 2 heterocycles. The number of imidazole rings is 1. The Morgan fingerprint density at radius 3 is 2.71 bits per heavy atom. The lowest BCUT2D eigenvalue weighted by molar-refractivity contribution is 0.124. The van der Waals surface area contributed by atoms with Gasteiger partial charge in [-0.25, -0.2) is 10.8 Å². The van der Waals surface area contributed by atoms with Gasteiger partial charge in [0, 0.05) is 12.4 Å². The van der Waals surface area contributed by atoms with Crippen LogP contribution in [0.1, 0.15) is 32.6 Å². The van der Waals surface area contributed by atoms with E-state index < -0.39 is 0 Å². The number of nitrogens with two attached hydrogens (primary N) is 1. The highest BCUT2D eigenvalue weighted by Gasteiger charge is 2.21. The summed E-state index contributed by atoms with van der Waals surface area (Å²) in [7, 11) is 0. The van der Waals surface area contributed by atoms with Crippen LogP contribution in [-0.4, -0.2) is 30.6 Å². The van der Waals surface area contributed by atoms with E-state index in [2.05, 4.69) is 32.3 Å². The maximum Gasteiger partial charge on any atom is 0.323 e. The van der Waals surface area contributed by atoms with Crippen molar-refractivity contribution in [1.82, 2.24) is 24.5 Å². The van der Waals surface area contributed by atoms with Gasteiger partial charge >= 0.3 is 6.01 Å². The smallest absolute Gasteiger partial charge is 0.323 e. The fraction of sp³-hybridized carbons (Fsp3) is 0.538. The summed E-state index contributed by atoms with van der Waals surface area (Å²) in [4.78, 5) is 16.6. The minimum atomic E-state index is 0.157. The Bertz CT molecular complexity index is 578. The molecule has 3 N–H and O–H groups in total. The van der Waals surface area contributed by atoms with Gasteiger partial charge in [0.2, 0.25) is 11.9 Å². The van der Waals surface area contributed by atoms with E-state index >= 15 is 0 Å². The van der Waals surface area contributed by atoms with Crippen molar-refractivity contribution in [1.29, 1.82) is 0 Å². The lowest BCUT2D eigenvalue weighted by atomic mass is 9.89. The molecule has 3 rings (SSSR count). The van der Waals surface area contributed by atoms with Crippen LogP contribution in [0.4, 0.5) is 5.95 Å². The van der Waals surface area contributed by atoms with Crippen molar-refractivity contribution in [2.75, 3.05) is 5.43 Å². The van der Waals surface area contributed by atoms with E-state index in [1.165, 1.54) is 12.8 Å². The quantitative estimate of drug-likeness (QED) is 0.645. The zero-order valence-electron chi connectivity index (χ0n) is 11.9. The van der Waals surface area contributed by atoms with Gasteiger partial charge in [0.1, 0.15) is 12.4 Å². The highest BCUT2D eigenvalue weighted by atomic mass is 16.5. The van der Waals surface area contributed by atoms with Crippen molar-refractivity contribution in [3.8, 4) is 12.0 Å². The second-order valence-corrected chi connectivity index (χ2v) is 5.36. The maximum atomic E-state index is 5.89. The number of aromatic nitrogens is 5. The molecule has 1 aliphatic carbocycles. The van der Waals surface area contributed by atoms with Crippen LogP contribution in [0.2, 0.25) is 0 Å². The Morgan fingerprint density at radius 2 is 2.05 bits per heavy atom. The number of nitrogen functional groups attached to an aromatic ring is 1. The molecule has 0 atom stereocenters. The van der Waals surface area contributed by atoms with Crippen LogP contribution in [-0.2, 0) is 0 Å². The van der Waals surface area contributed by atoms with E-state index in [9.17, 15) is 0 Å². The summed E-state index contributed by atoms with van der Waals surface area (Å²) >= 11 is 0. The van der Waals surface area contributed by atoms with Gasteiger partial charge in [-0.2, -0.15) is 15.0 Å². The first-order chi connectivity index (χ1) is 10.2. The Hall–Kier alpha value is -2.22. The van der Waals surface area contributed by atoms with E-state index in [-0.39, 0.29) is 12.1 Å². The average Bonchev–Trinajstić information content (AvgIpc) is 3.04. The first-order valence-electron chi connectivity index (χ1n) is 7.12. The monoisotopic (exact) mass is 289 g/mol. The van der Waals surface area contributed by atoms with Gasteiger partial charge in [-0.3, -0.25) is 9.99 Å². The number of hydrogen-bond donors (Lipinski definition) is 2. The lowest BCUT2D eigenvalue weighted by Crippen LogP contribution is -2.24. The fourth-order valence-corrected chi connectivity index (χ4v) is 2.45. The van der Waals surface area contributed by atoms with Crippen molar-refractivity contribution >= 4 is 5.95 Å². The molecule has 21 heavy (non-hydrogen) atoms. The highest BCUT2D eigenvalue weighted by molar-refractivity contribution is 5.28. The van der Waals surface area contributed by atoms with E-state index in [1.54, 1.807) is 23.3 Å². The van der Waals surface area contributed by atoms with Crippen molar-refractivity contribution in [2.45, 2.75) is 38.7 Å². The molecule has 112 valence electrons. The zero-order valence-corrected chi connectivity index (χ0v) is 11.9. The fourth-order valence-electron chi connectivity index (χ4n) is 2.45. The number of hydrogen-bond acceptors (Lipinski definition) is 7. The van der Waals surface area contributed by atoms with Crippen molar-refractivity contribution in [3.63, 3.8) is 0 Å². The third-order valence-corrected chi connectivity index (χ3v) is 3.70. The second-order valence-electron chi connectivity index (χ2n) is 5.36. The van der Waals surface area contributed by atoms with Gasteiger partial charge in [-0.1, -0.05) is 6.92 Å². The molecule has 0 saturated heterocycles. The lowest BCUT2D eigenvalue weighted by Gasteiger charge is -2.26. The summed E-state index contributed by atoms with van der Waals surface area (Å²) in [5, 5.41) is 0. The standard InChI is InChI=1S/C13H19N7O/c1-9-2-4-10(5-3-9)21-13-17-11(19-14)16-12(18-13)20-7-6-15-8-20/h6-10H,2-5,14H2,1H3,(H,16,17,18,19). The van der Waals surface area contributed by atoms with E-state index in [0.29, 0.717) is 12.0 Å². The summed E-state index contributed by atoms with van der Waals surface area (Å²) < 4.78 is 7.57. The minimum Gasteiger partial charge on any atom is -0.460 e. The largest absolute Gasteiger partial charge is 0.460 e. The molecule has 0 amide bonds. The maximum absolute atomic E-state index is 5.89. The first kappa shape index (κ1) is 13.7. The van der Waals surface area contributed by atoms with Gasteiger partial charge in [0.15, 0.2) is 0 Å². The molecular formula is C13H19N7O. The Labute approximate surface area is 122 Å². The first-order valence-corrected chi connectivity index (χ1v) is 7.12. The molecule has 2 aromatic heterocycles. The summed E-state index contributed by atoms with van der Waals surface area (Å²) in [5.41, 5.74) is 2.44. The van der Waals surface area contributed by atoms with Gasteiger partial charge < -0.3 is 4.74 Å². The SMILES string of the molecule is CC1CCC(Oc2nc(NN)nc(-n3ccnc3)n2)CC1. The molecule has 2 aromatic rings. The minimum absolute atomic E-state index is 0.157. The molecule has 0 spiro atoms. The van der Waals surface area contributed by atoms with E-state index in [0.717, 1.165) is 18.8 Å². The van der Waals surface area contributed by atoms with Crippen LogP contribution in [0.3, 0.4) is 0 Å². The Kier molecular flexibility index (Phi) is 3.96. The van der Waals surface area contributed by atoms with Crippen LogP contribution in [0.5, 0.6) is 6.01 Å². The number of nitrogens with one attached hydrogen (secondary N) is 1. The molecule has 1 fully saturated rings. The van der Waals surface area contributed by atoms with Gasteiger partial charge in [-0.05, 0) is 31.6 Å². The third-order valence-electron chi connectivity index (χ3n) is 3.70. The molecule has 0 aliphatic heterocycles. The molecule has 0 aromatic carbocycles. The normalized spacial score (nSPS) is 22.0. The van der Waals surface area contributed by atoms with Crippen LogP contribution in [0, 0.1) is 5.92 Å². The highest BCUT2D eigenvalue weighted by Crippen LogP contribution is 2.26. The average molecular weight is 289 g/mol. The van der Waals surface area contributed by atoms with Gasteiger partial charge in [0.05, 0.1) is 0 Å². The number of anilines is 1. The molecule has 8 nitrogen and oxygen atoms in total. The van der Waals surface area contributed by atoms with Crippen LogP contribution in [0.25, 0.3) is 5.95 Å². The molecule has 1 aliphatic rings. The number of hydrazine groups is 1. The predicted octanol–water partition coefficient (Wildman–Crippen LogP) is 1.30. The molecule has 8 heteroatoms. The summed E-state index contributed by atoms with van der Waals surface area (Å²) in [6, 6.07) is 0.293. The molecule has 0 radical (unpaired) electrons. The summed E-state index contributed by atoms with van der Waals surface area (Å²) in [5.74, 6) is 6.88. The van der Waals surface area contributed by atoms with Crippen LogP contribution >= 0.6 is 0 Å². The second kappa shape index (κ2) is 6.04. The number of rotatable bonds is 4. The Balaban J connectivity index is 1.79. The molecule has 1 saturated carbocycles. The number of ether oxygens (including phenoxy) is 1. The third kappa shape index (κ3) is 3.27. The van der Waals surface area contributed by atoms with Crippen molar-refractivity contribution < 1.29 is 4.74 Å². The van der Waals surface area contributed by atoms with Crippen LogP contribution in [0.15, 0.2) is 18.7 Å². The topological polar surface area (TPSA) is 104 Å². The van der Waals surface area contributed by atoms with Gasteiger partial charge in [-0.15, -0.1) is 0 Å². The molecule has 0 unspecified atom stereocenters. The van der Waals surface area contributed by atoms with Crippen LogP contribution < -0.4 is 16.0 Å².